The Bertz CT molecular complexity index is 1100. The number of benzene rings is 1. The van der Waals surface area contributed by atoms with Gasteiger partial charge in [0.25, 0.3) is 0 Å². The highest BCUT2D eigenvalue weighted by Gasteiger charge is 2.39. The van der Waals surface area contributed by atoms with Crippen LogP contribution in [0.3, 0.4) is 0 Å². The summed E-state index contributed by atoms with van der Waals surface area (Å²) in [6.07, 6.45) is 2.68. The highest BCUT2D eigenvalue weighted by atomic mass is 32.2. The number of urea groups is 1. The van der Waals surface area contributed by atoms with E-state index in [0.29, 0.717) is 38.2 Å². The molecule has 0 unspecified atom stereocenters. The van der Waals surface area contributed by atoms with Gasteiger partial charge in [-0.2, -0.15) is 4.31 Å². The van der Waals surface area contributed by atoms with Gasteiger partial charge in [-0.05, 0) is 30.9 Å². The predicted molar refractivity (Wildman–Crippen MR) is 124 cm³/mol. The van der Waals surface area contributed by atoms with Crippen LogP contribution in [0.2, 0.25) is 0 Å². The molecule has 2 aliphatic heterocycles. The average Bonchev–Trinajstić information content (AvgIpc) is 3.39. The van der Waals surface area contributed by atoms with Gasteiger partial charge in [0.2, 0.25) is 15.9 Å². The summed E-state index contributed by atoms with van der Waals surface area (Å²) >= 11 is 0. The summed E-state index contributed by atoms with van der Waals surface area (Å²) in [4.78, 5) is 25.5. The maximum absolute atomic E-state index is 13.2. The van der Waals surface area contributed by atoms with E-state index in [1.807, 2.05) is 30.3 Å². The summed E-state index contributed by atoms with van der Waals surface area (Å²) in [5.41, 5.74) is 1.90. The molecule has 2 aromatic rings. The number of fused-ring (bicyclic) bond motifs is 1. The maximum Gasteiger partial charge on any atom is 0.317 e. The minimum Gasteiger partial charge on any atom is -0.444 e. The molecule has 1 aromatic heterocycles. The van der Waals surface area contributed by atoms with Crippen LogP contribution in [0.5, 0.6) is 0 Å². The summed E-state index contributed by atoms with van der Waals surface area (Å²) in [7, 11) is -3.53. The van der Waals surface area contributed by atoms with Crippen LogP contribution in [0.25, 0.3) is 0 Å². The largest absolute Gasteiger partial charge is 0.444 e. The molecule has 1 saturated heterocycles. The molecular weight excluding hydrogens is 444 g/mol. The van der Waals surface area contributed by atoms with Gasteiger partial charge in [-0.1, -0.05) is 36.9 Å². The number of nitrogens with one attached hydrogen (secondary N) is 2. The lowest BCUT2D eigenvalue weighted by Gasteiger charge is -2.33. The molecule has 0 atom stereocenters. The Morgan fingerprint density at radius 1 is 1.15 bits per heavy atom. The van der Waals surface area contributed by atoms with Crippen molar-refractivity contribution in [3.05, 3.63) is 65.9 Å². The van der Waals surface area contributed by atoms with Gasteiger partial charge in [0, 0.05) is 37.8 Å². The van der Waals surface area contributed by atoms with Crippen LogP contribution in [0.1, 0.15) is 29.7 Å². The number of hydrogen-bond donors (Lipinski definition) is 2. The highest BCUT2D eigenvalue weighted by molar-refractivity contribution is 7.89. The van der Waals surface area contributed by atoms with Gasteiger partial charge in [0.05, 0.1) is 11.8 Å². The number of sulfonamides is 1. The SMILES string of the molecule is C=CC(=O)Nc1cc2c(o1)CN(S(=O)(=O)C1CCN(C(=O)NCCc3ccccc3)CC1)C2. The molecule has 0 radical (unpaired) electrons. The van der Waals surface area contributed by atoms with E-state index in [-0.39, 0.29) is 30.9 Å². The Kier molecular flexibility index (Phi) is 6.85. The first-order valence-electron chi connectivity index (χ1n) is 11.0. The molecule has 1 aromatic carbocycles. The summed E-state index contributed by atoms with van der Waals surface area (Å²) in [6.45, 7) is 5.08. The van der Waals surface area contributed by atoms with E-state index >= 15 is 0 Å². The van der Waals surface area contributed by atoms with Crippen molar-refractivity contribution in [2.45, 2.75) is 37.6 Å². The van der Waals surface area contributed by atoms with Gasteiger partial charge in [-0.15, -0.1) is 0 Å². The van der Waals surface area contributed by atoms with E-state index in [2.05, 4.69) is 17.2 Å². The monoisotopic (exact) mass is 472 g/mol. The number of nitrogens with zero attached hydrogens (tertiary/aromatic N) is 2. The lowest BCUT2D eigenvalue weighted by atomic mass is 10.1. The molecule has 3 heterocycles. The first-order valence-corrected chi connectivity index (χ1v) is 12.5. The maximum atomic E-state index is 13.2. The van der Waals surface area contributed by atoms with Crippen molar-refractivity contribution < 1.29 is 22.4 Å². The second kappa shape index (κ2) is 9.80. The summed E-state index contributed by atoms with van der Waals surface area (Å²) in [5.74, 6) is 0.435. The Balaban J connectivity index is 1.25. The molecule has 0 bridgehead atoms. The molecule has 4 rings (SSSR count). The third-order valence-corrected chi connectivity index (χ3v) is 8.33. The highest BCUT2D eigenvalue weighted by Crippen LogP contribution is 2.33. The van der Waals surface area contributed by atoms with Crippen LogP contribution < -0.4 is 10.6 Å². The Hall–Kier alpha value is -3.11. The standard InChI is InChI=1S/C23H28N4O5S/c1-2-21(28)25-22-14-18-15-27(16-20(18)32-22)33(30,31)19-9-12-26(13-10-19)23(29)24-11-8-17-6-4-3-5-7-17/h2-7,14,19H,1,8-13,15-16H2,(H,24,29)(H,25,28). The number of rotatable bonds is 7. The van der Waals surface area contributed by atoms with Crippen molar-refractivity contribution in [3.63, 3.8) is 0 Å². The second-order valence-corrected chi connectivity index (χ2v) is 10.4. The fraction of sp³-hybridized carbons (Fsp3) is 0.391. The quantitative estimate of drug-likeness (QED) is 0.602. The van der Waals surface area contributed by atoms with Crippen molar-refractivity contribution in [1.82, 2.24) is 14.5 Å². The Labute approximate surface area is 193 Å². The zero-order chi connectivity index (χ0) is 23.4. The smallest absolute Gasteiger partial charge is 0.317 e. The number of carbonyl (C=O) groups excluding carboxylic acids is 2. The summed E-state index contributed by atoms with van der Waals surface area (Å²) in [5, 5.41) is 4.93. The number of anilines is 1. The van der Waals surface area contributed by atoms with Crippen LogP contribution in [0.4, 0.5) is 10.7 Å². The number of piperidine rings is 1. The second-order valence-electron chi connectivity index (χ2n) is 8.22. The predicted octanol–water partition coefficient (Wildman–Crippen LogP) is 2.47. The molecule has 2 aliphatic rings. The van der Waals surface area contributed by atoms with Crippen molar-refractivity contribution >= 4 is 27.8 Å². The summed E-state index contributed by atoms with van der Waals surface area (Å²) in [6, 6.07) is 11.4. The van der Waals surface area contributed by atoms with Crippen molar-refractivity contribution in [3.8, 4) is 0 Å². The van der Waals surface area contributed by atoms with Gasteiger partial charge < -0.3 is 14.6 Å². The van der Waals surface area contributed by atoms with Crippen molar-refractivity contribution in [1.29, 1.82) is 0 Å². The number of hydrogen-bond acceptors (Lipinski definition) is 5. The Morgan fingerprint density at radius 2 is 1.88 bits per heavy atom. The molecule has 10 heteroatoms. The molecule has 0 aliphatic carbocycles. The van der Waals surface area contributed by atoms with Crippen molar-refractivity contribution in [2.75, 3.05) is 25.0 Å². The van der Waals surface area contributed by atoms with Gasteiger partial charge in [-0.3, -0.25) is 10.1 Å². The van der Waals surface area contributed by atoms with Crippen LogP contribution in [0.15, 0.2) is 53.5 Å². The van der Waals surface area contributed by atoms with Crippen LogP contribution in [0, 0.1) is 0 Å². The molecule has 9 nitrogen and oxygen atoms in total. The normalized spacial score (nSPS) is 16.9. The first kappa shape index (κ1) is 23.1. The number of likely N-dealkylation sites (tertiary alicyclic amines) is 1. The molecule has 176 valence electrons. The molecule has 1 fully saturated rings. The average molecular weight is 473 g/mol. The van der Waals surface area contributed by atoms with E-state index in [1.54, 1.807) is 11.0 Å². The topological polar surface area (TPSA) is 112 Å². The summed E-state index contributed by atoms with van der Waals surface area (Å²) < 4.78 is 33.3. The molecule has 3 amide bonds. The third-order valence-electron chi connectivity index (χ3n) is 6.04. The van der Waals surface area contributed by atoms with Gasteiger partial charge >= 0.3 is 6.03 Å². The van der Waals surface area contributed by atoms with E-state index in [9.17, 15) is 18.0 Å². The zero-order valence-electron chi connectivity index (χ0n) is 18.3. The minimum absolute atomic E-state index is 0.141. The molecule has 0 spiro atoms. The third kappa shape index (κ3) is 5.28. The van der Waals surface area contributed by atoms with E-state index in [0.717, 1.165) is 23.6 Å². The van der Waals surface area contributed by atoms with Gasteiger partial charge in [-0.25, -0.2) is 13.2 Å². The fourth-order valence-electron chi connectivity index (χ4n) is 4.19. The van der Waals surface area contributed by atoms with Crippen molar-refractivity contribution in [2.24, 2.45) is 0 Å². The molecular formula is C23H28N4O5S. The number of furan rings is 1. The number of carbonyl (C=O) groups is 2. The molecule has 0 saturated carbocycles. The number of amides is 3. The van der Waals surface area contributed by atoms with Crippen LogP contribution in [-0.2, 0) is 34.3 Å². The van der Waals surface area contributed by atoms with Gasteiger partial charge in [0.15, 0.2) is 5.88 Å². The lowest BCUT2D eigenvalue weighted by molar-refractivity contribution is -0.112. The Morgan fingerprint density at radius 3 is 2.55 bits per heavy atom. The minimum atomic E-state index is -3.53. The van der Waals surface area contributed by atoms with Crippen LogP contribution >= 0.6 is 0 Å². The fourth-order valence-corrected chi connectivity index (χ4v) is 6.04. The van der Waals surface area contributed by atoms with E-state index in [4.69, 9.17) is 4.42 Å². The lowest BCUT2D eigenvalue weighted by Crippen LogP contribution is -2.49. The van der Waals surface area contributed by atoms with E-state index in [1.165, 1.54) is 4.31 Å². The van der Waals surface area contributed by atoms with Crippen LogP contribution in [-0.4, -0.2) is 54.4 Å². The molecule has 33 heavy (non-hydrogen) atoms. The molecule has 2 N–H and O–H groups in total. The van der Waals surface area contributed by atoms with E-state index < -0.39 is 15.3 Å². The van der Waals surface area contributed by atoms with Gasteiger partial charge in [0.1, 0.15) is 5.76 Å². The zero-order valence-corrected chi connectivity index (χ0v) is 19.1. The first-order chi connectivity index (χ1) is 15.9.